The molecule has 1 aliphatic rings. The fraction of sp³-hybridized carbons (Fsp3) is 0.321. The third-order valence-electron chi connectivity index (χ3n) is 6.48. The first-order valence-electron chi connectivity index (χ1n) is 12.0. The highest BCUT2D eigenvalue weighted by atomic mass is 32.2. The van der Waals surface area contributed by atoms with Gasteiger partial charge in [0.1, 0.15) is 6.04 Å². The molecule has 4 rings (SSSR count). The van der Waals surface area contributed by atoms with Gasteiger partial charge in [-0.25, -0.2) is 8.42 Å². The van der Waals surface area contributed by atoms with Gasteiger partial charge in [0.05, 0.1) is 4.90 Å². The molecule has 1 atom stereocenters. The lowest BCUT2D eigenvalue weighted by atomic mass is 10.0. The molecule has 6 nitrogen and oxygen atoms in total. The standard InChI is InChI=1S/C28H32N2O4S2/c1-28(2)26(27(31)32)30(18-19-35-28)36(33,34)25-14-12-24(13-15-25)23-10-8-22(9-11-23)20-29-17-16-21-6-4-3-5-7-21/h3-15,26,29H,16-20H2,1-2H3,(H,31,32)/t26-/m0/s1. The van der Waals surface area contributed by atoms with Crippen LogP contribution in [0.15, 0.2) is 83.8 Å². The third kappa shape index (κ3) is 6.00. The Labute approximate surface area is 217 Å². The van der Waals surface area contributed by atoms with Crippen LogP contribution in [0, 0.1) is 0 Å². The summed E-state index contributed by atoms with van der Waals surface area (Å²) in [6.07, 6.45) is 0.981. The first-order valence-corrected chi connectivity index (χ1v) is 14.4. The van der Waals surface area contributed by atoms with Gasteiger partial charge < -0.3 is 10.4 Å². The first-order chi connectivity index (χ1) is 17.2. The van der Waals surface area contributed by atoms with Gasteiger partial charge in [-0.3, -0.25) is 4.79 Å². The zero-order chi connectivity index (χ0) is 25.8. The molecular formula is C28H32N2O4S2. The maximum Gasteiger partial charge on any atom is 0.323 e. The second-order valence-corrected chi connectivity index (χ2v) is 13.1. The molecule has 36 heavy (non-hydrogen) atoms. The Morgan fingerprint density at radius 2 is 1.58 bits per heavy atom. The van der Waals surface area contributed by atoms with E-state index in [2.05, 4.69) is 41.7 Å². The molecule has 0 radical (unpaired) electrons. The van der Waals surface area contributed by atoms with Crippen molar-refractivity contribution in [1.29, 1.82) is 0 Å². The number of hydrogen-bond donors (Lipinski definition) is 2. The quantitative estimate of drug-likeness (QED) is 0.396. The van der Waals surface area contributed by atoms with E-state index in [0.29, 0.717) is 5.75 Å². The molecular weight excluding hydrogens is 492 g/mol. The molecule has 0 aliphatic carbocycles. The van der Waals surface area contributed by atoms with Crippen LogP contribution >= 0.6 is 11.8 Å². The van der Waals surface area contributed by atoms with Crippen LogP contribution in [0.3, 0.4) is 0 Å². The smallest absolute Gasteiger partial charge is 0.323 e. The van der Waals surface area contributed by atoms with Gasteiger partial charge in [0.2, 0.25) is 10.0 Å². The van der Waals surface area contributed by atoms with Crippen molar-refractivity contribution in [1.82, 2.24) is 9.62 Å². The summed E-state index contributed by atoms with van der Waals surface area (Å²) in [6.45, 7) is 5.42. The van der Waals surface area contributed by atoms with E-state index in [1.807, 2.05) is 18.2 Å². The molecule has 2 N–H and O–H groups in total. The molecule has 190 valence electrons. The van der Waals surface area contributed by atoms with Crippen molar-refractivity contribution < 1.29 is 18.3 Å². The van der Waals surface area contributed by atoms with Gasteiger partial charge in [0.15, 0.2) is 0 Å². The predicted octanol–water partition coefficient (Wildman–Crippen LogP) is 4.66. The van der Waals surface area contributed by atoms with Crippen LogP contribution in [0.2, 0.25) is 0 Å². The summed E-state index contributed by atoms with van der Waals surface area (Å²) in [4.78, 5) is 12.1. The van der Waals surface area contributed by atoms with Crippen LogP contribution in [-0.2, 0) is 27.8 Å². The Bertz CT molecular complexity index is 1280. The molecule has 3 aromatic rings. The largest absolute Gasteiger partial charge is 0.480 e. The maximum absolute atomic E-state index is 13.3. The second kappa shape index (κ2) is 11.2. The molecule has 0 unspecified atom stereocenters. The van der Waals surface area contributed by atoms with E-state index in [9.17, 15) is 18.3 Å². The fourth-order valence-corrected chi connectivity index (χ4v) is 7.61. The van der Waals surface area contributed by atoms with Gasteiger partial charge >= 0.3 is 5.97 Å². The number of hydrogen-bond acceptors (Lipinski definition) is 5. The van der Waals surface area contributed by atoms with Crippen molar-refractivity contribution in [2.24, 2.45) is 0 Å². The van der Waals surface area contributed by atoms with Crippen molar-refractivity contribution in [3.8, 4) is 11.1 Å². The van der Waals surface area contributed by atoms with Crippen LogP contribution in [0.4, 0.5) is 0 Å². The van der Waals surface area contributed by atoms with Crippen molar-refractivity contribution in [2.75, 3.05) is 18.8 Å². The highest BCUT2D eigenvalue weighted by Gasteiger charge is 2.48. The maximum atomic E-state index is 13.3. The number of carboxylic acid groups (broad SMARTS) is 1. The highest BCUT2D eigenvalue weighted by molar-refractivity contribution is 8.00. The van der Waals surface area contributed by atoms with E-state index >= 15 is 0 Å². The van der Waals surface area contributed by atoms with Gasteiger partial charge in [-0.1, -0.05) is 66.7 Å². The zero-order valence-electron chi connectivity index (χ0n) is 20.6. The van der Waals surface area contributed by atoms with E-state index in [1.54, 1.807) is 38.1 Å². The molecule has 0 spiro atoms. The van der Waals surface area contributed by atoms with Crippen LogP contribution in [0.1, 0.15) is 25.0 Å². The van der Waals surface area contributed by atoms with E-state index in [0.717, 1.165) is 34.9 Å². The predicted molar refractivity (Wildman–Crippen MR) is 146 cm³/mol. The number of rotatable bonds is 9. The Balaban J connectivity index is 1.40. The van der Waals surface area contributed by atoms with Crippen LogP contribution in [0.25, 0.3) is 11.1 Å². The van der Waals surface area contributed by atoms with Crippen molar-refractivity contribution >= 4 is 27.8 Å². The molecule has 1 saturated heterocycles. The average Bonchev–Trinajstić information content (AvgIpc) is 2.87. The van der Waals surface area contributed by atoms with Crippen molar-refractivity contribution in [2.45, 2.75) is 42.5 Å². The van der Waals surface area contributed by atoms with Crippen LogP contribution in [0.5, 0.6) is 0 Å². The number of nitrogens with one attached hydrogen (secondary N) is 1. The third-order valence-corrected chi connectivity index (χ3v) is 9.71. The monoisotopic (exact) mass is 524 g/mol. The number of carboxylic acids is 1. The Morgan fingerprint density at radius 3 is 2.19 bits per heavy atom. The van der Waals surface area contributed by atoms with E-state index < -0.39 is 26.8 Å². The van der Waals surface area contributed by atoms with E-state index in [1.165, 1.54) is 22.9 Å². The Hall–Kier alpha value is -2.65. The summed E-state index contributed by atoms with van der Waals surface area (Å²) >= 11 is 1.49. The molecule has 3 aromatic carbocycles. The summed E-state index contributed by atoms with van der Waals surface area (Å²) in [5.41, 5.74) is 4.39. The van der Waals surface area contributed by atoms with Crippen molar-refractivity contribution in [3.05, 3.63) is 90.0 Å². The number of aliphatic carboxylic acids is 1. The van der Waals surface area contributed by atoms with Crippen LogP contribution < -0.4 is 5.32 Å². The number of nitrogens with zero attached hydrogens (tertiary/aromatic N) is 1. The minimum Gasteiger partial charge on any atom is -0.480 e. The minimum atomic E-state index is -3.94. The average molecular weight is 525 g/mol. The van der Waals surface area contributed by atoms with E-state index in [4.69, 9.17) is 0 Å². The minimum absolute atomic E-state index is 0.111. The number of carbonyl (C=O) groups is 1. The molecule has 0 aromatic heterocycles. The normalized spacial score (nSPS) is 18.1. The summed E-state index contributed by atoms with van der Waals surface area (Å²) in [5, 5.41) is 13.2. The lowest BCUT2D eigenvalue weighted by Crippen LogP contribution is -2.58. The summed E-state index contributed by atoms with van der Waals surface area (Å²) in [5.74, 6) is -0.566. The van der Waals surface area contributed by atoms with Gasteiger partial charge in [-0.2, -0.15) is 16.1 Å². The molecule has 0 saturated carbocycles. The summed E-state index contributed by atoms with van der Waals surface area (Å²) in [6, 6.07) is 24.2. The Kier molecular flexibility index (Phi) is 8.20. The number of thioether (sulfide) groups is 1. The SMILES string of the molecule is CC1(C)SCCN(S(=O)(=O)c2ccc(-c3ccc(CNCCc4ccccc4)cc3)cc2)[C@H]1C(=O)O. The lowest BCUT2D eigenvalue weighted by Gasteiger charge is -2.42. The molecule has 0 bridgehead atoms. The Morgan fingerprint density at radius 1 is 0.972 bits per heavy atom. The van der Waals surface area contributed by atoms with Gasteiger partial charge in [-0.05, 0) is 61.2 Å². The van der Waals surface area contributed by atoms with Gasteiger partial charge in [0.25, 0.3) is 0 Å². The molecule has 1 heterocycles. The summed E-state index contributed by atoms with van der Waals surface area (Å²) in [7, 11) is -3.94. The number of sulfonamides is 1. The lowest BCUT2D eigenvalue weighted by molar-refractivity contribution is -0.142. The molecule has 8 heteroatoms. The first kappa shape index (κ1) is 26.4. The number of benzene rings is 3. The zero-order valence-corrected chi connectivity index (χ0v) is 22.2. The molecule has 1 aliphatic heterocycles. The highest BCUT2D eigenvalue weighted by Crippen LogP contribution is 2.38. The van der Waals surface area contributed by atoms with Crippen molar-refractivity contribution in [3.63, 3.8) is 0 Å². The van der Waals surface area contributed by atoms with Crippen LogP contribution in [-0.4, -0.2) is 53.4 Å². The van der Waals surface area contributed by atoms with Gasteiger partial charge in [0, 0.05) is 23.6 Å². The van der Waals surface area contributed by atoms with E-state index in [-0.39, 0.29) is 11.4 Å². The van der Waals surface area contributed by atoms with Gasteiger partial charge in [-0.15, -0.1) is 0 Å². The molecule has 1 fully saturated rings. The summed E-state index contributed by atoms with van der Waals surface area (Å²) < 4.78 is 27.1. The second-order valence-electron chi connectivity index (χ2n) is 9.44. The topological polar surface area (TPSA) is 86.7 Å². The molecule has 0 amide bonds. The fourth-order valence-electron chi connectivity index (χ4n) is 4.51.